The van der Waals surface area contributed by atoms with E-state index < -0.39 is 23.8 Å². The number of carbonyl (C=O) groups is 2. The van der Waals surface area contributed by atoms with Crippen molar-refractivity contribution in [1.29, 1.82) is 0 Å². The number of hydrogen-bond acceptors (Lipinski definition) is 3. The molecule has 0 aromatic heterocycles. The molecule has 5 heteroatoms. The van der Waals surface area contributed by atoms with Crippen LogP contribution in [-0.4, -0.2) is 18.0 Å². The van der Waals surface area contributed by atoms with E-state index in [1.165, 1.54) is 25.1 Å². The molecule has 0 aliphatic carbocycles. The van der Waals surface area contributed by atoms with Gasteiger partial charge in [-0.3, -0.25) is 4.79 Å². The average Bonchev–Trinajstić information content (AvgIpc) is 2.53. The molecule has 0 saturated heterocycles. The minimum Gasteiger partial charge on any atom is -0.449 e. The molecule has 0 aliphatic rings. The maximum absolute atomic E-state index is 13.0. The zero-order valence-electron chi connectivity index (χ0n) is 12.1. The van der Waals surface area contributed by atoms with Crippen LogP contribution in [0, 0.1) is 5.82 Å². The molecule has 0 fully saturated rings. The van der Waals surface area contributed by atoms with E-state index in [9.17, 15) is 14.0 Å². The number of rotatable bonds is 5. The first-order chi connectivity index (χ1) is 10.6. The van der Waals surface area contributed by atoms with E-state index in [-0.39, 0.29) is 5.56 Å². The van der Waals surface area contributed by atoms with Crippen LogP contribution in [0.15, 0.2) is 54.6 Å². The van der Waals surface area contributed by atoms with E-state index >= 15 is 0 Å². The van der Waals surface area contributed by atoms with Crippen LogP contribution in [0.2, 0.25) is 0 Å². The van der Waals surface area contributed by atoms with E-state index in [4.69, 9.17) is 4.74 Å². The highest BCUT2D eigenvalue weighted by Gasteiger charge is 2.18. The van der Waals surface area contributed by atoms with Gasteiger partial charge in [-0.15, -0.1) is 0 Å². The number of carbonyl (C=O) groups excluding carboxylic acids is 2. The van der Waals surface area contributed by atoms with E-state index in [0.29, 0.717) is 6.54 Å². The molecule has 2 rings (SSSR count). The van der Waals surface area contributed by atoms with E-state index in [1.807, 2.05) is 30.3 Å². The van der Waals surface area contributed by atoms with Crippen molar-refractivity contribution in [2.75, 3.05) is 0 Å². The normalized spacial score (nSPS) is 11.5. The lowest BCUT2D eigenvalue weighted by Crippen LogP contribution is -2.35. The van der Waals surface area contributed by atoms with Crippen LogP contribution >= 0.6 is 0 Å². The maximum Gasteiger partial charge on any atom is 0.339 e. The van der Waals surface area contributed by atoms with Crippen molar-refractivity contribution in [1.82, 2.24) is 5.32 Å². The molecular formula is C17H16FNO3. The number of amides is 1. The Morgan fingerprint density at radius 2 is 1.86 bits per heavy atom. The SMILES string of the molecule is C[C@@H](OC(=O)c1cccc(F)c1)C(=O)NCc1ccccc1. The van der Waals surface area contributed by atoms with Gasteiger partial charge in [0.05, 0.1) is 5.56 Å². The Balaban J connectivity index is 1.87. The third kappa shape index (κ3) is 4.41. The van der Waals surface area contributed by atoms with Crippen molar-refractivity contribution >= 4 is 11.9 Å². The van der Waals surface area contributed by atoms with Gasteiger partial charge in [-0.2, -0.15) is 0 Å². The maximum atomic E-state index is 13.0. The van der Waals surface area contributed by atoms with Crippen LogP contribution in [0.3, 0.4) is 0 Å². The predicted octanol–water partition coefficient (Wildman–Crippen LogP) is 2.69. The fourth-order valence-electron chi connectivity index (χ4n) is 1.83. The number of halogens is 1. The molecule has 0 aliphatic heterocycles. The van der Waals surface area contributed by atoms with Crippen molar-refractivity contribution in [2.24, 2.45) is 0 Å². The zero-order valence-corrected chi connectivity index (χ0v) is 12.1. The van der Waals surface area contributed by atoms with Gasteiger partial charge in [0.2, 0.25) is 0 Å². The zero-order chi connectivity index (χ0) is 15.9. The lowest BCUT2D eigenvalue weighted by atomic mass is 10.2. The molecule has 0 heterocycles. The fourth-order valence-corrected chi connectivity index (χ4v) is 1.83. The summed E-state index contributed by atoms with van der Waals surface area (Å²) in [7, 11) is 0. The molecule has 0 spiro atoms. The molecule has 0 unspecified atom stereocenters. The molecule has 114 valence electrons. The van der Waals surface area contributed by atoms with Gasteiger partial charge in [0, 0.05) is 6.54 Å². The van der Waals surface area contributed by atoms with Gasteiger partial charge >= 0.3 is 5.97 Å². The summed E-state index contributed by atoms with van der Waals surface area (Å²) >= 11 is 0. The van der Waals surface area contributed by atoms with Gasteiger partial charge in [0.1, 0.15) is 5.82 Å². The minimum atomic E-state index is -0.959. The van der Waals surface area contributed by atoms with E-state index in [2.05, 4.69) is 5.32 Å². The number of esters is 1. The Labute approximate surface area is 127 Å². The van der Waals surface area contributed by atoms with Crippen LogP contribution in [-0.2, 0) is 16.1 Å². The Morgan fingerprint density at radius 3 is 2.55 bits per heavy atom. The van der Waals surface area contributed by atoms with Crippen LogP contribution in [0.1, 0.15) is 22.8 Å². The van der Waals surface area contributed by atoms with Gasteiger partial charge in [0.15, 0.2) is 6.10 Å². The summed E-state index contributed by atoms with van der Waals surface area (Å²) in [6.07, 6.45) is -0.959. The Hall–Kier alpha value is -2.69. The number of hydrogen-bond donors (Lipinski definition) is 1. The van der Waals surface area contributed by atoms with Crippen LogP contribution < -0.4 is 5.32 Å². The molecule has 2 aromatic rings. The van der Waals surface area contributed by atoms with Gasteiger partial charge in [0.25, 0.3) is 5.91 Å². The molecule has 1 amide bonds. The Bertz CT molecular complexity index is 658. The first-order valence-corrected chi connectivity index (χ1v) is 6.84. The lowest BCUT2D eigenvalue weighted by molar-refractivity contribution is -0.129. The quantitative estimate of drug-likeness (QED) is 0.864. The van der Waals surface area contributed by atoms with Gasteiger partial charge in [-0.1, -0.05) is 36.4 Å². The van der Waals surface area contributed by atoms with Crippen LogP contribution in [0.5, 0.6) is 0 Å². The second-order valence-electron chi connectivity index (χ2n) is 4.76. The topological polar surface area (TPSA) is 55.4 Å². The van der Waals surface area contributed by atoms with Crippen molar-refractivity contribution in [3.05, 3.63) is 71.5 Å². The second-order valence-corrected chi connectivity index (χ2v) is 4.76. The van der Waals surface area contributed by atoms with Crippen molar-refractivity contribution in [2.45, 2.75) is 19.6 Å². The summed E-state index contributed by atoms with van der Waals surface area (Å²) in [5.74, 6) is -1.67. The molecule has 4 nitrogen and oxygen atoms in total. The number of benzene rings is 2. The highest BCUT2D eigenvalue weighted by Crippen LogP contribution is 2.07. The highest BCUT2D eigenvalue weighted by atomic mass is 19.1. The third-order valence-corrected chi connectivity index (χ3v) is 3.02. The summed E-state index contributed by atoms with van der Waals surface area (Å²) in [4.78, 5) is 23.7. The molecule has 22 heavy (non-hydrogen) atoms. The molecule has 1 N–H and O–H groups in total. The average molecular weight is 301 g/mol. The molecule has 1 atom stereocenters. The summed E-state index contributed by atoms with van der Waals surface area (Å²) in [5, 5.41) is 2.68. The van der Waals surface area contributed by atoms with Gasteiger partial charge in [-0.05, 0) is 30.7 Å². The van der Waals surface area contributed by atoms with Gasteiger partial charge in [-0.25, -0.2) is 9.18 Å². The second kappa shape index (κ2) is 7.36. The molecule has 0 radical (unpaired) electrons. The Kier molecular flexibility index (Phi) is 5.25. The fraction of sp³-hybridized carbons (Fsp3) is 0.176. The van der Waals surface area contributed by atoms with Crippen molar-refractivity contribution in [3.8, 4) is 0 Å². The van der Waals surface area contributed by atoms with Gasteiger partial charge < -0.3 is 10.1 Å². The summed E-state index contributed by atoms with van der Waals surface area (Å²) < 4.78 is 18.1. The Morgan fingerprint density at radius 1 is 1.14 bits per heavy atom. The number of nitrogens with one attached hydrogen (secondary N) is 1. The summed E-state index contributed by atoms with van der Waals surface area (Å²) in [6, 6.07) is 14.5. The van der Waals surface area contributed by atoms with Crippen LogP contribution in [0.4, 0.5) is 4.39 Å². The lowest BCUT2D eigenvalue weighted by Gasteiger charge is -2.13. The first-order valence-electron chi connectivity index (χ1n) is 6.84. The molecular weight excluding hydrogens is 285 g/mol. The third-order valence-electron chi connectivity index (χ3n) is 3.02. The number of ether oxygens (including phenoxy) is 1. The minimum absolute atomic E-state index is 0.0720. The van der Waals surface area contributed by atoms with Crippen molar-refractivity contribution in [3.63, 3.8) is 0 Å². The molecule has 2 aromatic carbocycles. The van der Waals surface area contributed by atoms with Crippen LogP contribution in [0.25, 0.3) is 0 Å². The summed E-state index contributed by atoms with van der Waals surface area (Å²) in [5.41, 5.74) is 1.02. The predicted molar refractivity (Wildman–Crippen MR) is 79.6 cm³/mol. The monoisotopic (exact) mass is 301 g/mol. The largest absolute Gasteiger partial charge is 0.449 e. The summed E-state index contributed by atoms with van der Waals surface area (Å²) in [6.45, 7) is 1.82. The van der Waals surface area contributed by atoms with E-state index in [0.717, 1.165) is 11.6 Å². The highest BCUT2D eigenvalue weighted by molar-refractivity contribution is 5.92. The molecule has 0 bridgehead atoms. The first kappa shape index (κ1) is 15.7. The molecule has 0 saturated carbocycles. The van der Waals surface area contributed by atoms with E-state index in [1.54, 1.807) is 0 Å². The smallest absolute Gasteiger partial charge is 0.339 e. The van der Waals surface area contributed by atoms with Crippen molar-refractivity contribution < 1.29 is 18.7 Å². The standard InChI is InChI=1S/C17H16FNO3/c1-12(16(20)19-11-13-6-3-2-4-7-13)22-17(21)14-8-5-9-15(18)10-14/h2-10,12H,11H2,1H3,(H,19,20)/t12-/m1/s1.